The number of amides is 1. The van der Waals surface area contributed by atoms with E-state index in [1.54, 1.807) is 19.4 Å². The lowest BCUT2D eigenvalue weighted by Crippen LogP contribution is -2.49. The second kappa shape index (κ2) is 8.71. The van der Waals surface area contributed by atoms with Gasteiger partial charge < -0.3 is 30.5 Å². The molecule has 1 atom stereocenters. The number of nitrogens with zero attached hydrogens (tertiary/aromatic N) is 7. The highest BCUT2D eigenvalue weighted by Crippen LogP contribution is 2.41. The van der Waals surface area contributed by atoms with Gasteiger partial charge in [-0.15, -0.1) is 0 Å². The molecule has 2 fully saturated rings. The van der Waals surface area contributed by atoms with Crippen LogP contribution in [-0.2, 0) is 16.0 Å². The first kappa shape index (κ1) is 21.8. The number of likely N-dealkylation sites (N-methyl/N-ethyl adjacent to an activating group) is 1. The van der Waals surface area contributed by atoms with Crippen LogP contribution in [-0.4, -0.2) is 95.8 Å². The van der Waals surface area contributed by atoms with Crippen LogP contribution in [0.25, 0.3) is 11.3 Å². The Bertz CT molecular complexity index is 1030. The van der Waals surface area contributed by atoms with Gasteiger partial charge in [-0.2, -0.15) is 4.98 Å². The highest BCUT2D eigenvalue weighted by Gasteiger charge is 2.44. The van der Waals surface area contributed by atoms with Crippen molar-refractivity contribution in [2.75, 3.05) is 75.1 Å². The summed E-state index contributed by atoms with van der Waals surface area (Å²) in [5.74, 6) is 2.02. The van der Waals surface area contributed by atoms with Gasteiger partial charge in [0.2, 0.25) is 17.8 Å². The van der Waals surface area contributed by atoms with Gasteiger partial charge >= 0.3 is 0 Å². The van der Waals surface area contributed by atoms with Crippen molar-refractivity contribution in [1.29, 1.82) is 0 Å². The van der Waals surface area contributed by atoms with Crippen molar-refractivity contribution in [3.05, 3.63) is 18.0 Å². The summed E-state index contributed by atoms with van der Waals surface area (Å²) in [6, 6.07) is 0. The molecule has 0 unspecified atom stereocenters. The Kier molecular flexibility index (Phi) is 5.75. The molecule has 0 spiro atoms. The van der Waals surface area contributed by atoms with Crippen LogP contribution in [0.3, 0.4) is 0 Å². The van der Waals surface area contributed by atoms with E-state index in [-0.39, 0.29) is 17.4 Å². The predicted molar refractivity (Wildman–Crippen MR) is 125 cm³/mol. The maximum atomic E-state index is 12.5. The fourth-order valence-corrected chi connectivity index (χ4v) is 5.01. The third-order valence-corrected chi connectivity index (χ3v) is 6.84. The Hall–Kier alpha value is -3.05. The van der Waals surface area contributed by atoms with Crippen LogP contribution in [0.4, 0.5) is 17.7 Å². The van der Waals surface area contributed by atoms with Crippen molar-refractivity contribution in [3.8, 4) is 11.3 Å². The third-order valence-electron chi connectivity index (χ3n) is 6.84. The van der Waals surface area contributed by atoms with Crippen LogP contribution in [0.1, 0.15) is 18.9 Å². The molecular formula is C22H31N9O2. The molecule has 33 heavy (non-hydrogen) atoms. The van der Waals surface area contributed by atoms with E-state index in [9.17, 15) is 4.79 Å². The number of rotatable bonds is 5. The van der Waals surface area contributed by atoms with Crippen LogP contribution in [0.5, 0.6) is 0 Å². The second-order valence-corrected chi connectivity index (χ2v) is 9.10. The number of nitrogens with one attached hydrogen (secondary N) is 1. The maximum absolute atomic E-state index is 12.5. The zero-order chi connectivity index (χ0) is 23.0. The third kappa shape index (κ3) is 4.06. The van der Waals surface area contributed by atoms with E-state index in [1.807, 2.05) is 4.90 Å². The SMILES string of the molecule is CNCC(=O)N1CC[C@](C)(N2CCc3c(-c4cnc(N)nc4)nc(N4CCOCC4)nc32)C1. The van der Waals surface area contributed by atoms with Crippen molar-refractivity contribution < 1.29 is 9.53 Å². The minimum atomic E-state index is -0.180. The average Bonchev–Trinajstić information content (AvgIpc) is 3.45. The highest BCUT2D eigenvalue weighted by molar-refractivity contribution is 5.79. The van der Waals surface area contributed by atoms with Crippen molar-refractivity contribution in [1.82, 2.24) is 30.2 Å². The van der Waals surface area contributed by atoms with Crippen LogP contribution in [0, 0.1) is 0 Å². The number of ether oxygens (including phenoxy) is 1. The molecule has 3 aliphatic rings. The number of nitrogens with two attached hydrogens (primary N) is 1. The molecule has 3 N–H and O–H groups in total. The zero-order valence-electron chi connectivity index (χ0n) is 19.3. The first-order valence-corrected chi connectivity index (χ1v) is 11.5. The number of hydrogen-bond acceptors (Lipinski definition) is 10. The van der Waals surface area contributed by atoms with Gasteiger partial charge in [-0.05, 0) is 26.8 Å². The molecule has 3 aliphatic heterocycles. The molecule has 1 amide bonds. The normalized spacial score (nSPS) is 22.7. The Balaban J connectivity index is 1.53. The number of nitrogen functional groups attached to an aromatic ring is 1. The van der Waals surface area contributed by atoms with Crippen LogP contribution in [0.15, 0.2) is 12.4 Å². The van der Waals surface area contributed by atoms with E-state index in [0.29, 0.717) is 32.3 Å². The molecule has 5 rings (SSSR count). The van der Waals surface area contributed by atoms with Gasteiger partial charge in [0.05, 0.1) is 31.0 Å². The maximum Gasteiger partial charge on any atom is 0.236 e. The molecule has 0 saturated carbocycles. The van der Waals surface area contributed by atoms with Gasteiger partial charge in [-0.1, -0.05) is 0 Å². The summed E-state index contributed by atoms with van der Waals surface area (Å²) < 4.78 is 5.53. The minimum Gasteiger partial charge on any atom is -0.378 e. The summed E-state index contributed by atoms with van der Waals surface area (Å²) >= 11 is 0. The monoisotopic (exact) mass is 453 g/mol. The zero-order valence-corrected chi connectivity index (χ0v) is 19.3. The van der Waals surface area contributed by atoms with E-state index in [0.717, 1.165) is 61.7 Å². The van der Waals surface area contributed by atoms with E-state index in [1.165, 1.54) is 0 Å². The van der Waals surface area contributed by atoms with Gasteiger partial charge in [0, 0.05) is 56.2 Å². The second-order valence-electron chi connectivity index (χ2n) is 9.10. The molecule has 0 bridgehead atoms. The number of morpholine rings is 1. The van der Waals surface area contributed by atoms with E-state index in [2.05, 4.69) is 32.0 Å². The summed E-state index contributed by atoms with van der Waals surface area (Å²) in [5.41, 5.74) is 8.33. The number of likely N-dealkylation sites (tertiary alicyclic amines) is 1. The van der Waals surface area contributed by atoms with Gasteiger partial charge in [0.25, 0.3) is 0 Å². The summed E-state index contributed by atoms with van der Waals surface area (Å²) in [7, 11) is 1.80. The van der Waals surface area contributed by atoms with E-state index in [4.69, 9.17) is 20.4 Å². The highest BCUT2D eigenvalue weighted by atomic mass is 16.5. The van der Waals surface area contributed by atoms with Crippen LogP contribution in [0.2, 0.25) is 0 Å². The molecule has 5 heterocycles. The van der Waals surface area contributed by atoms with Crippen LogP contribution < -0.4 is 20.9 Å². The quantitative estimate of drug-likeness (QED) is 0.635. The molecule has 176 valence electrons. The summed E-state index contributed by atoms with van der Waals surface area (Å²) in [4.78, 5) is 37.4. The molecule has 0 aliphatic carbocycles. The number of carbonyl (C=O) groups is 1. The number of anilines is 3. The Morgan fingerprint density at radius 3 is 2.67 bits per heavy atom. The lowest BCUT2D eigenvalue weighted by atomic mass is 9.99. The smallest absolute Gasteiger partial charge is 0.236 e. The average molecular weight is 454 g/mol. The lowest BCUT2D eigenvalue weighted by molar-refractivity contribution is -0.129. The first-order valence-electron chi connectivity index (χ1n) is 11.5. The molecule has 0 radical (unpaired) electrons. The fourth-order valence-electron chi connectivity index (χ4n) is 5.01. The van der Waals surface area contributed by atoms with E-state index < -0.39 is 0 Å². The first-order chi connectivity index (χ1) is 16.0. The molecule has 2 saturated heterocycles. The summed E-state index contributed by atoms with van der Waals surface area (Å²) in [5, 5.41) is 2.97. The van der Waals surface area contributed by atoms with Gasteiger partial charge in [0.15, 0.2) is 0 Å². The number of carbonyl (C=O) groups excluding carboxylic acids is 1. The summed E-state index contributed by atoms with van der Waals surface area (Å²) in [6.07, 6.45) is 5.19. The Morgan fingerprint density at radius 1 is 1.18 bits per heavy atom. The molecule has 2 aromatic heterocycles. The number of aromatic nitrogens is 4. The number of hydrogen-bond donors (Lipinski definition) is 2. The molecule has 0 aromatic carbocycles. The minimum absolute atomic E-state index is 0.136. The van der Waals surface area contributed by atoms with Crippen LogP contribution >= 0.6 is 0 Å². The van der Waals surface area contributed by atoms with Gasteiger partial charge in [-0.3, -0.25) is 4.79 Å². The molecular weight excluding hydrogens is 422 g/mol. The van der Waals surface area contributed by atoms with Gasteiger partial charge in [-0.25, -0.2) is 15.0 Å². The lowest BCUT2D eigenvalue weighted by Gasteiger charge is -2.37. The van der Waals surface area contributed by atoms with Crippen molar-refractivity contribution >= 4 is 23.6 Å². The molecule has 11 nitrogen and oxygen atoms in total. The van der Waals surface area contributed by atoms with Crippen molar-refractivity contribution in [3.63, 3.8) is 0 Å². The summed E-state index contributed by atoms with van der Waals surface area (Å²) in [6.45, 7) is 7.68. The van der Waals surface area contributed by atoms with Crippen molar-refractivity contribution in [2.45, 2.75) is 25.3 Å². The Labute approximate surface area is 193 Å². The Morgan fingerprint density at radius 2 is 1.94 bits per heavy atom. The fraction of sp³-hybridized carbons (Fsp3) is 0.591. The predicted octanol–water partition coefficient (Wildman–Crippen LogP) is -0.0747. The largest absolute Gasteiger partial charge is 0.378 e. The van der Waals surface area contributed by atoms with Gasteiger partial charge in [0.1, 0.15) is 5.82 Å². The molecule has 2 aromatic rings. The molecule has 11 heteroatoms. The standard InChI is InChI=1S/C22H31N9O2/c1-22(4-6-30(14-22)17(32)13-24-2)31-5-3-16-18(15-11-25-20(23)26-12-15)27-21(28-19(16)31)29-7-9-33-10-8-29/h11-12,24H,3-10,13-14H2,1-2H3,(H2,23,25,26)/t22-/m0/s1. The van der Waals surface area contributed by atoms with E-state index >= 15 is 0 Å². The van der Waals surface area contributed by atoms with Crippen molar-refractivity contribution in [2.24, 2.45) is 0 Å². The number of fused-ring (bicyclic) bond motifs is 1. The topological polar surface area (TPSA) is 126 Å².